The topological polar surface area (TPSA) is 75.7 Å². The van der Waals surface area contributed by atoms with Crippen LogP contribution in [-0.4, -0.2) is 38.3 Å². The lowest BCUT2D eigenvalue weighted by Gasteiger charge is -2.25. The normalized spacial score (nSPS) is 18.4. The van der Waals surface area contributed by atoms with E-state index in [1.165, 1.54) is 4.31 Å². The molecule has 3 rings (SSSR count). The van der Waals surface area contributed by atoms with Crippen molar-refractivity contribution in [1.29, 1.82) is 0 Å². The number of halogens is 1. The molecule has 2 unspecified atom stereocenters. The van der Waals surface area contributed by atoms with Gasteiger partial charge < -0.3 is 10.1 Å². The summed E-state index contributed by atoms with van der Waals surface area (Å²) in [7, 11) is -2.15. The van der Waals surface area contributed by atoms with Crippen molar-refractivity contribution in [2.45, 2.75) is 43.7 Å². The van der Waals surface area contributed by atoms with E-state index >= 15 is 0 Å². The van der Waals surface area contributed by atoms with E-state index in [0.717, 1.165) is 15.6 Å². The molecule has 2 atom stereocenters. The van der Waals surface area contributed by atoms with Gasteiger partial charge in [-0.1, -0.05) is 33.6 Å². The molecule has 1 saturated heterocycles. The van der Waals surface area contributed by atoms with Gasteiger partial charge in [0.25, 0.3) is 0 Å². The number of rotatable bonds is 6. The summed E-state index contributed by atoms with van der Waals surface area (Å²) in [5.74, 6) is 0.397. The Kier molecular flexibility index (Phi) is 6.65. The van der Waals surface area contributed by atoms with Crippen LogP contribution in [0.25, 0.3) is 0 Å². The Morgan fingerprint density at radius 2 is 1.93 bits per heavy atom. The number of nitrogens with one attached hydrogen (secondary N) is 1. The summed E-state index contributed by atoms with van der Waals surface area (Å²) < 4.78 is 33.7. The second kappa shape index (κ2) is 8.85. The van der Waals surface area contributed by atoms with E-state index in [1.54, 1.807) is 31.4 Å². The number of carbonyl (C=O) groups excluding carboxylic acids is 1. The molecule has 0 bridgehead atoms. The van der Waals surface area contributed by atoms with Crippen molar-refractivity contribution < 1.29 is 17.9 Å². The molecule has 2 aromatic carbocycles. The molecule has 2 aromatic rings. The van der Waals surface area contributed by atoms with Gasteiger partial charge in [-0.2, -0.15) is 4.31 Å². The van der Waals surface area contributed by atoms with Gasteiger partial charge in [0.1, 0.15) is 11.8 Å². The number of nitrogens with zero attached hydrogens (tertiary/aromatic N) is 1. The minimum atomic E-state index is -3.74. The van der Waals surface area contributed by atoms with Crippen LogP contribution < -0.4 is 10.1 Å². The zero-order chi connectivity index (χ0) is 21.2. The van der Waals surface area contributed by atoms with Gasteiger partial charge in [-0.15, -0.1) is 0 Å². The van der Waals surface area contributed by atoms with Gasteiger partial charge in [0, 0.05) is 16.6 Å². The zero-order valence-electron chi connectivity index (χ0n) is 16.7. The van der Waals surface area contributed by atoms with Crippen LogP contribution in [0.3, 0.4) is 0 Å². The SMILES string of the molecule is COc1ccc(C)cc1C(C)NC(=O)C1CCCN1S(=O)(=O)c1ccc(Br)cc1. The second-order valence-corrected chi connectivity index (χ2v) is 10.0. The summed E-state index contributed by atoms with van der Waals surface area (Å²) in [5, 5.41) is 2.97. The molecule has 1 fully saturated rings. The molecule has 6 nitrogen and oxygen atoms in total. The number of methoxy groups -OCH3 is 1. The number of ether oxygens (including phenoxy) is 1. The smallest absolute Gasteiger partial charge is 0.243 e. The molecule has 1 N–H and O–H groups in total. The van der Waals surface area contributed by atoms with E-state index in [0.29, 0.717) is 25.1 Å². The van der Waals surface area contributed by atoms with Crippen molar-refractivity contribution in [3.05, 3.63) is 58.1 Å². The number of benzene rings is 2. The maximum absolute atomic E-state index is 13.1. The quantitative estimate of drug-likeness (QED) is 0.681. The Bertz CT molecular complexity index is 992. The molecule has 1 aliphatic heterocycles. The summed E-state index contributed by atoms with van der Waals surface area (Å²) >= 11 is 3.31. The molecule has 0 radical (unpaired) electrons. The molecule has 8 heteroatoms. The van der Waals surface area contributed by atoms with Crippen LogP contribution in [0, 0.1) is 6.92 Å². The van der Waals surface area contributed by atoms with E-state index in [2.05, 4.69) is 21.2 Å². The van der Waals surface area contributed by atoms with Crippen molar-refractivity contribution in [2.24, 2.45) is 0 Å². The Balaban J connectivity index is 1.80. The van der Waals surface area contributed by atoms with Crippen LogP contribution in [0.2, 0.25) is 0 Å². The third kappa shape index (κ3) is 4.65. The summed E-state index contributed by atoms with van der Waals surface area (Å²) in [6, 6.07) is 11.2. The molecule has 156 valence electrons. The van der Waals surface area contributed by atoms with Gasteiger partial charge in [0.15, 0.2) is 0 Å². The lowest BCUT2D eigenvalue weighted by Crippen LogP contribution is -2.46. The molecule has 1 aliphatic rings. The van der Waals surface area contributed by atoms with Crippen LogP contribution in [0.4, 0.5) is 0 Å². The largest absolute Gasteiger partial charge is 0.496 e. The average molecular weight is 481 g/mol. The minimum Gasteiger partial charge on any atom is -0.496 e. The van der Waals surface area contributed by atoms with E-state index in [-0.39, 0.29) is 16.8 Å². The Hall–Kier alpha value is -1.90. The van der Waals surface area contributed by atoms with Crippen molar-refractivity contribution in [3.63, 3.8) is 0 Å². The predicted molar refractivity (Wildman–Crippen MR) is 115 cm³/mol. The number of hydrogen-bond acceptors (Lipinski definition) is 4. The first-order valence-corrected chi connectivity index (χ1v) is 11.7. The van der Waals surface area contributed by atoms with Crippen molar-refractivity contribution in [1.82, 2.24) is 9.62 Å². The molecule has 0 aromatic heterocycles. The van der Waals surface area contributed by atoms with E-state index in [4.69, 9.17) is 4.74 Å². The van der Waals surface area contributed by atoms with Crippen LogP contribution in [0.5, 0.6) is 5.75 Å². The highest BCUT2D eigenvalue weighted by atomic mass is 79.9. The molecule has 1 heterocycles. The number of carbonyl (C=O) groups is 1. The number of amides is 1. The van der Waals surface area contributed by atoms with Gasteiger partial charge in [0.05, 0.1) is 18.0 Å². The zero-order valence-corrected chi connectivity index (χ0v) is 19.1. The van der Waals surface area contributed by atoms with Crippen molar-refractivity contribution in [2.75, 3.05) is 13.7 Å². The van der Waals surface area contributed by atoms with Gasteiger partial charge in [0.2, 0.25) is 15.9 Å². The highest BCUT2D eigenvalue weighted by Crippen LogP contribution is 2.29. The fraction of sp³-hybridized carbons (Fsp3) is 0.381. The molecular formula is C21H25BrN2O4S. The maximum Gasteiger partial charge on any atom is 0.243 e. The van der Waals surface area contributed by atoms with Crippen molar-refractivity contribution >= 4 is 31.9 Å². The highest BCUT2D eigenvalue weighted by molar-refractivity contribution is 9.10. The fourth-order valence-electron chi connectivity index (χ4n) is 3.61. The number of hydrogen-bond donors (Lipinski definition) is 1. The molecule has 0 aliphatic carbocycles. The van der Waals surface area contributed by atoms with Crippen LogP contribution in [-0.2, 0) is 14.8 Å². The van der Waals surface area contributed by atoms with Crippen LogP contribution in [0.15, 0.2) is 51.8 Å². The second-order valence-electron chi connectivity index (χ2n) is 7.20. The van der Waals surface area contributed by atoms with Gasteiger partial charge in [-0.05, 0) is 57.0 Å². The minimum absolute atomic E-state index is 0.189. The van der Waals surface area contributed by atoms with E-state index < -0.39 is 16.1 Å². The maximum atomic E-state index is 13.1. The third-order valence-corrected chi connectivity index (χ3v) is 7.59. The van der Waals surface area contributed by atoms with Crippen LogP contribution in [0.1, 0.15) is 36.9 Å². The van der Waals surface area contributed by atoms with E-state index in [9.17, 15) is 13.2 Å². The predicted octanol–water partition coefficient (Wildman–Crippen LogP) is 3.80. The summed E-state index contributed by atoms with van der Waals surface area (Å²) in [5.41, 5.74) is 1.92. The van der Waals surface area contributed by atoms with Crippen molar-refractivity contribution in [3.8, 4) is 5.75 Å². The first kappa shape index (κ1) is 21.8. The summed E-state index contributed by atoms with van der Waals surface area (Å²) in [6.07, 6.45) is 1.15. The molecule has 0 saturated carbocycles. The lowest BCUT2D eigenvalue weighted by atomic mass is 10.0. The summed E-state index contributed by atoms with van der Waals surface area (Å²) in [6.45, 7) is 4.18. The van der Waals surface area contributed by atoms with E-state index in [1.807, 2.05) is 32.0 Å². The third-order valence-electron chi connectivity index (χ3n) is 5.14. The fourth-order valence-corrected chi connectivity index (χ4v) is 5.53. The molecular weight excluding hydrogens is 456 g/mol. The standard InChI is InChI=1S/C21H25BrN2O4S/c1-14-6-11-20(28-3)18(13-14)15(2)23-21(25)19-5-4-12-24(19)29(26,27)17-9-7-16(22)8-10-17/h6-11,13,15,19H,4-5,12H2,1-3H3,(H,23,25). The monoisotopic (exact) mass is 480 g/mol. The molecule has 1 amide bonds. The molecule has 0 spiro atoms. The number of sulfonamides is 1. The number of aryl methyl sites for hydroxylation is 1. The molecule has 29 heavy (non-hydrogen) atoms. The highest BCUT2D eigenvalue weighted by Gasteiger charge is 2.39. The average Bonchev–Trinajstić information content (AvgIpc) is 3.19. The van der Waals surface area contributed by atoms with Crippen LogP contribution >= 0.6 is 15.9 Å². The van der Waals surface area contributed by atoms with Gasteiger partial charge in [-0.3, -0.25) is 4.79 Å². The Morgan fingerprint density at radius 1 is 1.24 bits per heavy atom. The lowest BCUT2D eigenvalue weighted by molar-refractivity contribution is -0.124. The Morgan fingerprint density at radius 3 is 2.59 bits per heavy atom. The van der Waals surface area contributed by atoms with Gasteiger partial charge >= 0.3 is 0 Å². The van der Waals surface area contributed by atoms with Gasteiger partial charge in [-0.25, -0.2) is 8.42 Å². The first-order valence-electron chi connectivity index (χ1n) is 9.46. The summed E-state index contributed by atoms with van der Waals surface area (Å²) in [4.78, 5) is 13.2. The first-order chi connectivity index (χ1) is 13.7. The Labute approximate surface area is 180 Å².